The van der Waals surface area contributed by atoms with Gasteiger partial charge in [-0.05, 0) is 43.8 Å². The summed E-state index contributed by atoms with van der Waals surface area (Å²) in [6.07, 6.45) is 4.19. The predicted octanol–water partition coefficient (Wildman–Crippen LogP) is 3.83. The zero-order valence-corrected chi connectivity index (χ0v) is 23.2. The van der Waals surface area contributed by atoms with E-state index in [9.17, 15) is 4.79 Å². The molecule has 0 radical (unpaired) electrons. The third-order valence-corrected chi connectivity index (χ3v) is 7.36. The van der Waals surface area contributed by atoms with Crippen molar-refractivity contribution < 1.29 is 14.3 Å². The number of para-hydroxylation sites is 2. The maximum absolute atomic E-state index is 12.0. The Morgan fingerprint density at radius 1 is 1.10 bits per heavy atom. The molecule has 2 aromatic carbocycles. The molecule has 0 bridgehead atoms. The molecule has 0 aliphatic carbocycles. The minimum absolute atomic E-state index is 0.0286. The lowest BCUT2D eigenvalue weighted by Gasteiger charge is -2.34. The number of piperazine rings is 1. The monoisotopic (exact) mass is 543 g/mol. The van der Waals surface area contributed by atoms with Crippen LogP contribution in [0.2, 0.25) is 0 Å². The number of amides is 1. The molecule has 3 aliphatic heterocycles. The number of aliphatic imine (C=N–C) groups is 2. The maximum Gasteiger partial charge on any atom is 0.247 e. The molecule has 10 nitrogen and oxygen atoms in total. The van der Waals surface area contributed by atoms with E-state index in [1.165, 1.54) is 11.6 Å². The number of amidine groups is 1. The number of carbonyl (C=O) groups is 1. The van der Waals surface area contributed by atoms with Gasteiger partial charge in [-0.1, -0.05) is 30.4 Å². The highest BCUT2D eigenvalue weighted by atomic mass is 16.5. The largest absolute Gasteiger partial charge is 0.494 e. The van der Waals surface area contributed by atoms with Gasteiger partial charge in [0, 0.05) is 37.9 Å². The van der Waals surface area contributed by atoms with Crippen molar-refractivity contribution in [1.82, 2.24) is 4.90 Å². The second-order valence-electron chi connectivity index (χ2n) is 9.98. The molecule has 1 unspecified atom stereocenters. The molecule has 0 aromatic heterocycles. The predicted molar refractivity (Wildman–Crippen MR) is 162 cm³/mol. The SMILES string of the molecule is C=CC(=O)Nc1ccccc1NC1=NC(Nc2ccc(N3CCN(C)CC3)cc2OC)=NCC1C1=CCOCC1. The highest BCUT2D eigenvalue weighted by Gasteiger charge is 2.27. The van der Waals surface area contributed by atoms with Gasteiger partial charge in [0.05, 0.1) is 49.8 Å². The van der Waals surface area contributed by atoms with Crippen molar-refractivity contribution in [2.75, 3.05) is 80.9 Å². The number of ether oxygens (including phenoxy) is 2. The standard InChI is InChI=1S/C30H37N7O3/c1-4-28(38)32-24-7-5-6-8-25(24)33-29-23(21-11-17-40-18-12-21)20-31-30(35-29)34-26-10-9-22(19-27(26)39-3)37-15-13-36(2)14-16-37/h4-11,19,23H,1,12-18,20H2,2-3H3,(H,32,38)(H2,31,33,34,35). The number of nitrogens with one attached hydrogen (secondary N) is 3. The van der Waals surface area contributed by atoms with E-state index in [0.717, 1.165) is 61.2 Å². The van der Waals surface area contributed by atoms with Gasteiger partial charge in [-0.25, -0.2) is 4.99 Å². The fourth-order valence-corrected chi connectivity index (χ4v) is 5.01. The summed E-state index contributed by atoms with van der Waals surface area (Å²) in [4.78, 5) is 26.5. The van der Waals surface area contributed by atoms with Crippen LogP contribution in [0.1, 0.15) is 6.42 Å². The van der Waals surface area contributed by atoms with Crippen LogP contribution in [0.3, 0.4) is 0 Å². The van der Waals surface area contributed by atoms with E-state index in [-0.39, 0.29) is 11.8 Å². The lowest BCUT2D eigenvalue weighted by molar-refractivity contribution is -0.111. The Labute approximate surface area is 235 Å². The Bertz CT molecular complexity index is 1330. The lowest BCUT2D eigenvalue weighted by Crippen LogP contribution is -2.44. The fraction of sp³-hybridized carbons (Fsp3) is 0.367. The Morgan fingerprint density at radius 3 is 2.62 bits per heavy atom. The van der Waals surface area contributed by atoms with E-state index < -0.39 is 0 Å². The first kappa shape index (κ1) is 27.4. The highest BCUT2D eigenvalue weighted by molar-refractivity contribution is 6.12. The minimum atomic E-state index is -0.278. The quantitative estimate of drug-likeness (QED) is 0.360. The molecule has 210 valence electrons. The molecule has 10 heteroatoms. The van der Waals surface area contributed by atoms with Crippen LogP contribution >= 0.6 is 0 Å². The van der Waals surface area contributed by atoms with Crippen molar-refractivity contribution in [3.05, 3.63) is 66.8 Å². The zero-order valence-electron chi connectivity index (χ0n) is 23.2. The molecule has 3 heterocycles. The summed E-state index contributed by atoms with van der Waals surface area (Å²) in [5.74, 6) is 1.66. The molecule has 1 saturated heterocycles. The third kappa shape index (κ3) is 6.52. The van der Waals surface area contributed by atoms with Crippen molar-refractivity contribution >= 4 is 40.5 Å². The number of benzene rings is 2. The van der Waals surface area contributed by atoms with E-state index >= 15 is 0 Å². The zero-order chi connectivity index (χ0) is 27.9. The average Bonchev–Trinajstić information content (AvgIpc) is 2.99. The molecular formula is C30H37N7O3. The van der Waals surface area contributed by atoms with E-state index in [1.807, 2.05) is 30.3 Å². The number of rotatable bonds is 7. The molecule has 3 aliphatic rings. The highest BCUT2D eigenvalue weighted by Crippen LogP contribution is 2.32. The van der Waals surface area contributed by atoms with E-state index in [1.54, 1.807) is 7.11 Å². The molecule has 0 spiro atoms. The van der Waals surface area contributed by atoms with Gasteiger partial charge >= 0.3 is 0 Å². The number of nitrogens with zero attached hydrogens (tertiary/aromatic N) is 4. The van der Waals surface area contributed by atoms with Crippen LogP contribution in [0.5, 0.6) is 5.75 Å². The molecule has 5 rings (SSSR count). The van der Waals surface area contributed by atoms with E-state index in [0.29, 0.717) is 31.4 Å². The lowest BCUT2D eigenvalue weighted by atomic mass is 9.93. The topological polar surface area (TPSA) is 103 Å². The second kappa shape index (κ2) is 12.8. The third-order valence-electron chi connectivity index (χ3n) is 7.36. The van der Waals surface area contributed by atoms with Crippen molar-refractivity contribution in [2.45, 2.75) is 6.42 Å². The second-order valence-corrected chi connectivity index (χ2v) is 9.98. The number of hydrogen-bond donors (Lipinski definition) is 3. The van der Waals surface area contributed by atoms with Gasteiger partial charge < -0.3 is 35.2 Å². The van der Waals surface area contributed by atoms with Gasteiger partial charge in [-0.3, -0.25) is 4.79 Å². The van der Waals surface area contributed by atoms with Crippen molar-refractivity contribution in [1.29, 1.82) is 0 Å². The molecule has 3 N–H and O–H groups in total. The Balaban J connectivity index is 1.40. The normalized spacial score (nSPS) is 19.6. The van der Waals surface area contributed by atoms with Crippen molar-refractivity contribution in [2.24, 2.45) is 15.9 Å². The number of carbonyl (C=O) groups excluding carboxylic acids is 1. The molecule has 0 saturated carbocycles. The van der Waals surface area contributed by atoms with Crippen molar-refractivity contribution in [3.63, 3.8) is 0 Å². The molecule has 40 heavy (non-hydrogen) atoms. The minimum Gasteiger partial charge on any atom is -0.494 e. The van der Waals surface area contributed by atoms with Crippen LogP contribution in [0, 0.1) is 5.92 Å². The molecule has 1 amide bonds. The number of likely N-dealkylation sites (N-methyl/N-ethyl adjacent to an activating group) is 1. The van der Waals surface area contributed by atoms with Crippen LogP contribution in [0.4, 0.5) is 22.7 Å². The van der Waals surface area contributed by atoms with Crippen molar-refractivity contribution in [3.8, 4) is 5.75 Å². The van der Waals surface area contributed by atoms with Gasteiger partial charge in [0.25, 0.3) is 0 Å². The van der Waals surface area contributed by atoms with E-state index in [4.69, 9.17) is 19.5 Å². The van der Waals surface area contributed by atoms with Gasteiger partial charge in [-0.2, -0.15) is 4.99 Å². The average molecular weight is 544 g/mol. The van der Waals surface area contributed by atoms with Crippen LogP contribution < -0.4 is 25.6 Å². The van der Waals surface area contributed by atoms with Gasteiger partial charge in [0.2, 0.25) is 11.9 Å². The van der Waals surface area contributed by atoms with Gasteiger partial charge in [0.1, 0.15) is 11.6 Å². The summed E-state index contributed by atoms with van der Waals surface area (Å²) in [7, 11) is 3.83. The molecule has 2 aromatic rings. The van der Waals surface area contributed by atoms with Crippen LogP contribution in [0.15, 0.2) is 76.8 Å². The molecular weight excluding hydrogens is 506 g/mol. The Morgan fingerprint density at radius 2 is 1.90 bits per heavy atom. The Hall–Kier alpha value is -4.15. The number of methoxy groups -OCH3 is 1. The first-order chi connectivity index (χ1) is 19.5. The summed E-state index contributed by atoms with van der Waals surface area (Å²) < 4.78 is 11.3. The molecule has 1 fully saturated rings. The summed E-state index contributed by atoms with van der Waals surface area (Å²) in [6, 6.07) is 13.7. The van der Waals surface area contributed by atoms with Gasteiger partial charge in [-0.15, -0.1) is 0 Å². The first-order valence-corrected chi connectivity index (χ1v) is 13.6. The maximum atomic E-state index is 12.0. The fourth-order valence-electron chi connectivity index (χ4n) is 5.01. The summed E-state index contributed by atoms with van der Waals surface area (Å²) in [6.45, 7) is 9.38. The number of guanidine groups is 1. The van der Waals surface area contributed by atoms with E-state index in [2.05, 4.69) is 57.6 Å². The Kier molecular flexibility index (Phi) is 8.78. The number of hydrogen-bond acceptors (Lipinski definition) is 9. The molecule has 1 atom stereocenters. The van der Waals surface area contributed by atoms with Crippen LogP contribution in [-0.2, 0) is 9.53 Å². The smallest absolute Gasteiger partial charge is 0.247 e. The summed E-state index contributed by atoms with van der Waals surface area (Å²) in [5.41, 5.74) is 4.56. The number of anilines is 4. The van der Waals surface area contributed by atoms with Crippen LogP contribution in [0.25, 0.3) is 0 Å². The summed E-state index contributed by atoms with van der Waals surface area (Å²) in [5, 5.41) is 9.73. The van der Waals surface area contributed by atoms with Gasteiger partial charge in [0.15, 0.2) is 0 Å². The first-order valence-electron chi connectivity index (χ1n) is 13.6. The van der Waals surface area contributed by atoms with Crippen LogP contribution in [-0.4, -0.2) is 82.7 Å². The summed E-state index contributed by atoms with van der Waals surface area (Å²) >= 11 is 0.